The van der Waals surface area contributed by atoms with E-state index in [-0.39, 0.29) is 37.4 Å². The van der Waals surface area contributed by atoms with Crippen molar-refractivity contribution >= 4 is 18.0 Å². The quantitative estimate of drug-likeness (QED) is 0.551. The van der Waals surface area contributed by atoms with Crippen LogP contribution in [-0.4, -0.2) is 55.5 Å². The standard InChI is InChI=1S/C26H30N2O6/c1-26(2,24(31)27-13-16-11-12-33-22(16)23(29)30)15-28-25(32)34-14-21-19-9-5-3-7-17(19)18-8-4-6-10-20(18)21/h3-10,16,21-22H,11-15H2,1-2H3,(H,27,31)(H,28,32)(H,29,30)/t16-,22-/m1/s1. The van der Waals surface area contributed by atoms with Crippen LogP contribution in [0.1, 0.15) is 37.3 Å². The maximum Gasteiger partial charge on any atom is 0.407 e. The van der Waals surface area contributed by atoms with Crippen LogP contribution in [0.5, 0.6) is 0 Å². The van der Waals surface area contributed by atoms with Gasteiger partial charge in [0.05, 0.1) is 5.41 Å². The molecule has 0 aromatic heterocycles. The molecule has 180 valence electrons. The van der Waals surface area contributed by atoms with Crippen LogP contribution in [0, 0.1) is 11.3 Å². The number of aliphatic carboxylic acids is 1. The first-order valence-corrected chi connectivity index (χ1v) is 11.5. The van der Waals surface area contributed by atoms with Crippen LogP contribution in [0.15, 0.2) is 48.5 Å². The minimum atomic E-state index is -1.02. The van der Waals surface area contributed by atoms with E-state index in [1.165, 1.54) is 0 Å². The lowest BCUT2D eigenvalue weighted by atomic mass is 9.91. The number of benzene rings is 2. The van der Waals surface area contributed by atoms with Crippen LogP contribution in [0.3, 0.4) is 0 Å². The van der Waals surface area contributed by atoms with Crippen LogP contribution in [0.4, 0.5) is 4.79 Å². The predicted octanol–water partition coefficient (Wildman–Crippen LogP) is 3.16. The summed E-state index contributed by atoms with van der Waals surface area (Å²) in [5, 5.41) is 14.7. The molecule has 0 radical (unpaired) electrons. The summed E-state index contributed by atoms with van der Waals surface area (Å²) < 4.78 is 10.7. The maximum atomic E-state index is 12.7. The van der Waals surface area contributed by atoms with Crippen molar-refractivity contribution in [3.05, 3.63) is 59.7 Å². The topological polar surface area (TPSA) is 114 Å². The first-order chi connectivity index (χ1) is 16.3. The molecule has 0 unspecified atom stereocenters. The van der Waals surface area contributed by atoms with Crippen molar-refractivity contribution in [1.82, 2.24) is 10.6 Å². The van der Waals surface area contributed by atoms with Crippen molar-refractivity contribution in [3.8, 4) is 11.1 Å². The molecule has 0 saturated carbocycles. The number of rotatable bonds is 8. The van der Waals surface area contributed by atoms with Crippen LogP contribution >= 0.6 is 0 Å². The molecule has 1 fully saturated rings. The summed E-state index contributed by atoms with van der Waals surface area (Å²) in [5.74, 6) is -1.60. The van der Waals surface area contributed by atoms with Crippen LogP contribution < -0.4 is 10.6 Å². The van der Waals surface area contributed by atoms with E-state index in [1.807, 2.05) is 24.3 Å². The third-order valence-corrected chi connectivity index (χ3v) is 6.62. The first kappa shape index (κ1) is 23.8. The third kappa shape index (κ3) is 4.92. The number of hydrogen-bond acceptors (Lipinski definition) is 5. The first-order valence-electron chi connectivity index (χ1n) is 11.5. The molecule has 2 aromatic carbocycles. The summed E-state index contributed by atoms with van der Waals surface area (Å²) in [6.07, 6.45) is -0.907. The average molecular weight is 467 g/mol. The lowest BCUT2D eigenvalue weighted by Gasteiger charge is -2.25. The fraction of sp³-hybridized carbons (Fsp3) is 0.423. The Balaban J connectivity index is 1.27. The smallest absolute Gasteiger partial charge is 0.407 e. The number of nitrogens with one attached hydrogen (secondary N) is 2. The van der Waals surface area contributed by atoms with Crippen molar-refractivity contribution < 1.29 is 29.0 Å². The van der Waals surface area contributed by atoms with Gasteiger partial charge in [-0.3, -0.25) is 4.79 Å². The second-order valence-electron chi connectivity index (χ2n) is 9.45. The fourth-order valence-corrected chi connectivity index (χ4v) is 4.60. The minimum Gasteiger partial charge on any atom is -0.479 e. The van der Waals surface area contributed by atoms with Crippen LogP contribution in [0.2, 0.25) is 0 Å². The molecule has 1 saturated heterocycles. The van der Waals surface area contributed by atoms with Crippen LogP contribution in [0.25, 0.3) is 11.1 Å². The van der Waals surface area contributed by atoms with Crippen molar-refractivity contribution in [2.75, 3.05) is 26.3 Å². The average Bonchev–Trinajstić information content (AvgIpc) is 3.43. The molecular weight excluding hydrogens is 436 g/mol. The molecule has 2 amide bonds. The Labute approximate surface area is 198 Å². The molecule has 8 heteroatoms. The normalized spacial score (nSPS) is 19.2. The van der Waals surface area contributed by atoms with E-state index in [2.05, 4.69) is 34.9 Å². The highest BCUT2D eigenvalue weighted by atomic mass is 16.5. The number of carboxylic acids is 1. The summed E-state index contributed by atoms with van der Waals surface area (Å²) >= 11 is 0. The van der Waals surface area contributed by atoms with Crippen molar-refractivity contribution in [2.24, 2.45) is 11.3 Å². The number of ether oxygens (including phenoxy) is 2. The second-order valence-corrected chi connectivity index (χ2v) is 9.45. The highest BCUT2D eigenvalue weighted by molar-refractivity contribution is 5.83. The molecule has 34 heavy (non-hydrogen) atoms. The summed E-state index contributed by atoms with van der Waals surface area (Å²) in [4.78, 5) is 36.3. The monoisotopic (exact) mass is 466 g/mol. The van der Waals surface area contributed by atoms with Gasteiger partial charge in [0.2, 0.25) is 5.91 Å². The maximum absolute atomic E-state index is 12.7. The zero-order valence-corrected chi connectivity index (χ0v) is 19.4. The van der Waals surface area contributed by atoms with Crippen LogP contribution in [-0.2, 0) is 19.1 Å². The molecule has 8 nitrogen and oxygen atoms in total. The van der Waals surface area contributed by atoms with E-state index >= 15 is 0 Å². The number of fused-ring (bicyclic) bond motifs is 3. The molecule has 2 aromatic rings. The fourth-order valence-electron chi connectivity index (χ4n) is 4.60. The van der Waals surface area contributed by atoms with Gasteiger partial charge in [-0.25, -0.2) is 9.59 Å². The Bertz CT molecular complexity index is 1040. The van der Waals surface area contributed by atoms with Crippen molar-refractivity contribution in [3.63, 3.8) is 0 Å². The molecule has 0 bridgehead atoms. The number of carbonyl (C=O) groups excluding carboxylic acids is 2. The molecular formula is C26H30N2O6. The van der Waals surface area contributed by atoms with Gasteiger partial charge in [-0.1, -0.05) is 48.5 Å². The Morgan fingerprint density at radius 2 is 1.65 bits per heavy atom. The van der Waals surface area contributed by atoms with Gasteiger partial charge in [-0.05, 0) is 42.5 Å². The second kappa shape index (κ2) is 9.85. The number of alkyl carbamates (subject to hydrolysis) is 1. The van der Waals surface area contributed by atoms with E-state index in [0.717, 1.165) is 22.3 Å². The van der Waals surface area contributed by atoms with Gasteiger partial charge >= 0.3 is 12.1 Å². The predicted molar refractivity (Wildman–Crippen MR) is 125 cm³/mol. The summed E-state index contributed by atoms with van der Waals surface area (Å²) in [6.45, 7) is 4.29. The van der Waals surface area contributed by atoms with Crippen molar-refractivity contribution in [2.45, 2.75) is 32.3 Å². The third-order valence-electron chi connectivity index (χ3n) is 6.62. The summed E-state index contributed by atoms with van der Waals surface area (Å²) in [5.41, 5.74) is 3.67. The lowest BCUT2D eigenvalue weighted by molar-refractivity contribution is -0.149. The zero-order valence-electron chi connectivity index (χ0n) is 19.4. The molecule has 3 N–H and O–H groups in total. The van der Waals surface area contributed by atoms with Gasteiger partial charge in [0.15, 0.2) is 6.10 Å². The zero-order chi connectivity index (χ0) is 24.3. The van der Waals surface area contributed by atoms with E-state index in [0.29, 0.717) is 13.0 Å². The Morgan fingerprint density at radius 1 is 1.03 bits per heavy atom. The summed E-state index contributed by atoms with van der Waals surface area (Å²) in [7, 11) is 0. The molecule has 2 atom stereocenters. The number of carboxylic acid groups (broad SMARTS) is 1. The highest BCUT2D eigenvalue weighted by Gasteiger charge is 2.36. The van der Waals surface area contributed by atoms with Crippen molar-refractivity contribution in [1.29, 1.82) is 0 Å². The van der Waals surface area contributed by atoms with E-state index in [1.54, 1.807) is 13.8 Å². The Hall–Kier alpha value is -3.39. The number of amides is 2. The van der Waals surface area contributed by atoms with E-state index in [4.69, 9.17) is 9.47 Å². The molecule has 4 rings (SSSR count). The molecule has 1 heterocycles. The number of hydrogen-bond donors (Lipinski definition) is 3. The van der Waals surface area contributed by atoms with E-state index in [9.17, 15) is 19.5 Å². The minimum absolute atomic E-state index is 0.0368. The molecule has 1 aliphatic heterocycles. The van der Waals surface area contributed by atoms with Gasteiger partial charge < -0.3 is 25.2 Å². The summed E-state index contributed by atoms with van der Waals surface area (Å²) in [6, 6.07) is 16.2. The molecule has 1 aliphatic carbocycles. The van der Waals surface area contributed by atoms with Gasteiger partial charge in [-0.2, -0.15) is 0 Å². The Morgan fingerprint density at radius 3 is 2.26 bits per heavy atom. The number of carbonyl (C=O) groups is 3. The van der Waals surface area contributed by atoms with Gasteiger partial charge in [-0.15, -0.1) is 0 Å². The van der Waals surface area contributed by atoms with Gasteiger partial charge in [0, 0.05) is 31.5 Å². The largest absolute Gasteiger partial charge is 0.479 e. The highest BCUT2D eigenvalue weighted by Crippen LogP contribution is 2.44. The molecule has 0 spiro atoms. The molecule has 2 aliphatic rings. The SMILES string of the molecule is CC(C)(CNC(=O)OCC1c2ccccc2-c2ccccc21)C(=O)NC[C@H]1CCO[C@H]1C(=O)O. The van der Waals surface area contributed by atoms with E-state index < -0.39 is 23.6 Å². The van der Waals surface area contributed by atoms with Gasteiger partial charge in [0.1, 0.15) is 6.61 Å². The van der Waals surface area contributed by atoms with Gasteiger partial charge in [0.25, 0.3) is 0 Å². The Kier molecular flexibility index (Phi) is 6.88. The lowest BCUT2D eigenvalue weighted by Crippen LogP contribution is -2.47.